The lowest BCUT2D eigenvalue weighted by molar-refractivity contribution is -0.126. The summed E-state index contributed by atoms with van der Waals surface area (Å²) in [5.74, 6) is 0.132. The lowest BCUT2D eigenvalue weighted by atomic mass is 9.82. The average Bonchev–Trinajstić information content (AvgIpc) is 3.07. The molecule has 31 heavy (non-hydrogen) atoms. The molecule has 2 atom stereocenters. The highest BCUT2D eigenvalue weighted by Gasteiger charge is 2.51. The van der Waals surface area contributed by atoms with Gasteiger partial charge in [0.15, 0.2) is 0 Å². The zero-order valence-corrected chi connectivity index (χ0v) is 17.9. The van der Waals surface area contributed by atoms with Crippen molar-refractivity contribution >= 4 is 11.8 Å². The van der Waals surface area contributed by atoms with Crippen molar-refractivity contribution in [2.75, 3.05) is 26.7 Å². The van der Waals surface area contributed by atoms with E-state index in [1.165, 1.54) is 5.56 Å². The van der Waals surface area contributed by atoms with Gasteiger partial charge >= 0.3 is 0 Å². The lowest BCUT2D eigenvalue weighted by Crippen LogP contribution is -2.57. The summed E-state index contributed by atoms with van der Waals surface area (Å²) in [6, 6.07) is 15.8. The Kier molecular flexibility index (Phi) is 6.09. The fourth-order valence-electron chi connectivity index (χ4n) is 4.80. The number of fused-ring (bicyclic) bond motifs is 1. The zero-order chi connectivity index (χ0) is 21.8. The normalized spacial score (nSPS) is 23.0. The number of carbonyl (C=O) groups is 2. The van der Waals surface area contributed by atoms with Crippen LogP contribution >= 0.6 is 0 Å². The highest BCUT2D eigenvalue weighted by molar-refractivity contribution is 5.97. The van der Waals surface area contributed by atoms with Gasteiger partial charge in [0.1, 0.15) is 5.75 Å². The molecule has 6 nitrogen and oxygen atoms in total. The molecule has 2 amide bonds. The van der Waals surface area contributed by atoms with Gasteiger partial charge in [-0.2, -0.15) is 0 Å². The highest BCUT2D eigenvalue weighted by Crippen LogP contribution is 2.36. The van der Waals surface area contributed by atoms with E-state index in [2.05, 4.69) is 34.2 Å². The fraction of sp³-hybridized carbons (Fsp3) is 0.360. The van der Waals surface area contributed by atoms with Gasteiger partial charge in [0.05, 0.1) is 18.6 Å². The maximum absolute atomic E-state index is 13.2. The molecule has 4 rings (SSSR count). The zero-order valence-electron chi connectivity index (χ0n) is 17.9. The molecule has 1 saturated heterocycles. The van der Waals surface area contributed by atoms with Crippen molar-refractivity contribution in [3.63, 3.8) is 0 Å². The molecule has 2 aliphatic heterocycles. The van der Waals surface area contributed by atoms with Crippen LogP contribution in [0, 0.1) is 5.92 Å². The third-order valence-electron chi connectivity index (χ3n) is 6.36. The number of carbonyl (C=O) groups excluding carboxylic acids is 2. The number of methoxy groups -OCH3 is 1. The Morgan fingerprint density at radius 2 is 2.13 bits per heavy atom. The van der Waals surface area contributed by atoms with Gasteiger partial charge in [-0.25, -0.2) is 0 Å². The minimum absolute atomic E-state index is 0.0423. The van der Waals surface area contributed by atoms with Crippen LogP contribution in [0.4, 0.5) is 0 Å². The van der Waals surface area contributed by atoms with Crippen LogP contribution in [0.2, 0.25) is 0 Å². The molecule has 162 valence electrons. The number of ether oxygens (including phenoxy) is 1. The quantitative estimate of drug-likeness (QED) is 0.706. The van der Waals surface area contributed by atoms with Crippen LogP contribution in [0.15, 0.2) is 61.2 Å². The van der Waals surface area contributed by atoms with Crippen molar-refractivity contribution in [3.05, 3.63) is 77.9 Å². The second-order valence-electron chi connectivity index (χ2n) is 8.37. The van der Waals surface area contributed by atoms with E-state index in [-0.39, 0.29) is 17.7 Å². The van der Waals surface area contributed by atoms with Crippen molar-refractivity contribution in [2.45, 2.75) is 24.9 Å². The first-order valence-corrected chi connectivity index (χ1v) is 10.7. The Bertz CT molecular complexity index is 975. The van der Waals surface area contributed by atoms with Crippen LogP contribution < -0.4 is 15.4 Å². The van der Waals surface area contributed by atoms with Gasteiger partial charge in [0.2, 0.25) is 5.91 Å². The molecule has 2 aromatic rings. The van der Waals surface area contributed by atoms with Gasteiger partial charge in [-0.15, -0.1) is 6.58 Å². The van der Waals surface area contributed by atoms with E-state index in [9.17, 15) is 9.59 Å². The SMILES string of the molecule is C=CCNC(=O)C1CN(Cc2ccccc2)CC12CCc1ccc(OC)cc1C(=O)N2. The summed E-state index contributed by atoms with van der Waals surface area (Å²) in [5.41, 5.74) is 2.19. The van der Waals surface area contributed by atoms with Crippen molar-refractivity contribution in [1.29, 1.82) is 0 Å². The summed E-state index contributed by atoms with van der Waals surface area (Å²) in [4.78, 5) is 28.6. The molecular weight excluding hydrogens is 390 g/mol. The molecule has 2 N–H and O–H groups in total. The molecule has 0 bridgehead atoms. The molecule has 0 aromatic heterocycles. The Balaban J connectivity index is 1.62. The molecule has 2 heterocycles. The molecule has 0 aliphatic carbocycles. The van der Waals surface area contributed by atoms with E-state index >= 15 is 0 Å². The van der Waals surface area contributed by atoms with Gasteiger partial charge in [0, 0.05) is 31.7 Å². The van der Waals surface area contributed by atoms with Crippen molar-refractivity contribution in [2.24, 2.45) is 5.92 Å². The van der Waals surface area contributed by atoms with Crippen molar-refractivity contribution in [1.82, 2.24) is 15.5 Å². The van der Waals surface area contributed by atoms with Gasteiger partial charge in [-0.1, -0.05) is 42.5 Å². The number of hydrogen-bond acceptors (Lipinski definition) is 4. The molecule has 2 aliphatic rings. The molecule has 0 saturated carbocycles. The van der Waals surface area contributed by atoms with Crippen LogP contribution in [0.5, 0.6) is 5.75 Å². The topological polar surface area (TPSA) is 70.7 Å². The molecular formula is C25H29N3O3. The number of benzene rings is 2. The van der Waals surface area contributed by atoms with Crippen molar-refractivity contribution in [3.8, 4) is 5.75 Å². The Morgan fingerprint density at radius 3 is 2.87 bits per heavy atom. The monoisotopic (exact) mass is 419 g/mol. The maximum Gasteiger partial charge on any atom is 0.252 e. The van der Waals surface area contributed by atoms with Crippen LogP contribution in [0.3, 0.4) is 0 Å². The minimum Gasteiger partial charge on any atom is -0.497 e. The Hall–Kier alpha value is -3.12. The number of nitrogens with zero attached hydrogens (tertiary/aromatic N) is 1. The number of likely N-dealkylation sites (tertiary alicyclic amines) is 1. The van der Waals surface area contributed by atoms with Gasteiger partial charge in [-0.3, -0.25) is 14.5 Å². The van der Waals surface area contributed by atoms with Crippen LogP contribution in [0.25, 0.3) is 0 Å². The third kappa shape index (κ3) is 4.35. The van der Waals surface area contributed by atoms with E-state index in [4.69, 9.17) is 4.74 Å². The number of hydrogen-bond donors (Lipinski definition) is 2. The molecule has 0 radical (unpaired) electrons. The number of nitrogens with one attached hydrogen (secondary N) is 2. The summed E-state index contributed by atoms with van der Waals surface area (Å²) < 4.78 is 5.31. The fourth-order valence-corrected chi connectivity index (χ4v) is 4.80. The first-order valence-electron chi connectivity index (χ1n) is 10.7. The summed E-state index contributed by atoms with van der Waals surface area (Å²) in [6.07, 6.45) is 3.10. The second-order valence-corrected chi connectivity index (χ2v) is 8.37. The standard InChI is InChI=1S/C25H29N3O3/c1-3-13-26-24(30)22-16-28(15-18-7-5-4-6-8-18)17-25(22)12-11-19-9-10-20(31-2)14-21(19)23(29)27-25/h3-10,14,22H,1,11-13,15-17H2,2H3,(H,26,30)(H,27,29). The predicted molar refractivity (Wildman–Crippen MR) is 120 cm³/mol. The van der Waals surface area contributed by atoms with E-state index in [1.807, 2.05) is 30.3 Å². The average molecular weight is 420 g/mol. The number of aryl methyl sites for hydroxylation is 1. The van der Waals surface area contributed by atoms with Gasteiger partial charge in [0.25, 0.3) is 5.91 Å². The Labute approximate surface area is 183 Å². The minimum atomic E-state index is -0.622. The molecule has 2 aromatic carbocycles. The molecule has 2 unspecified atom stereocenters. The molecule has 6 heteroatoms. The predicted octanol–water partition coefficient (Wildman–Crippen LogP) is 2.54. The van der Waals surface area contributed by atoms with Crippen molar-refractivity contribution < 1.29 is 14.3 Å². The van der Waals surface area contributed by atoms with Crippen LogP contribution in [-0.2, 0) is 17.8 Å². The summed E-state index contributed by atoms with van der Waals surface area (Å²) in [6.45, 7) is 6.08. The summed E-state index contributed by atoms with van der Waals surface area (Å²) in [5, 5.41) is 6.21. The first kappa shape index (κ1) is 21.1. The third-order valence-corrected chi connectivity index (χ3v) is 6.36. The number of amides is 2. The smallest absolute Gasteiger partial charge is 0.252 e. The van der Waals surface area contributed by atoms with Crippen LogP contribution in [0.1, 0.15) is 27.9 Å². The first-order chi connectivity index (χ1) is 15.0. The second kappa shape index (κ2) is 8.94. The van der Waals surface area contributed by atoms with E-state index < -0.39 is 5.54 Å². The Morgan fingerprint density at radius 1 is 1.32 bits per heavy atom. The largest absolute Gasteiger partial charge is 0.497 e. The highest BCUT2D eigenvalue weighted by atomic mass is 16.5. The van der Waals surface area contributed by atoms with Gasteiger partial charge < -0.3 is 15.4 Å². The maximum atomic E-state index is 13.2. The van der Waals surface area contributed by atoms with Gasteiger partial charge in [-0.05, 0) is 36.1 Å². The summed E-state index contributed by atoms with van der Waals surface area (Å²) in [7, 11) is 1.59. The van der Waals surface area contributed by atoms with E-state index in [0.717, 1.165) is 18.5 Å². The van der Waals surface area contributed by atoms with E-state index in [1.54, 1.807) is 19.3 Å². The number of rotatable bonds is 6. The molecule has 1 fully saturated rings. The van der Waals surface area contributed by atoms with E-state index in [0.29, 0.717) is 37.4 Å². The lowest BCUT2D eigenvalue weighted by Gasteiger charge is -2.34. The summed E-state index contributed by atoms with van der Waals surface area (Å²) >= 11 is 0. The molecule has 1 spiro atoms. The van der Waals surface area contributed by atoms with Crippen LogP contribution in [-0.4, -0.2) is 49.0 Å².